The second kappa shape index (κ2) is 4.29. The number of likely N-dealkylation sites (tertiary alicyclic amines) is 1. The first-order valence-electron chi connectivity index (χ1n) is 4.69. The van der Waals surface area contributed by atoms with Gasteiger partial charge in [-0.15, -0.1) is 0 Å². The maximum Gasteiger partial charge on any atom is 0.120 e. The number of pyridine rings is 1. The maximum atomic E-state index is 4.30. The summed E-state index contributed by atoms with van der Waals surface area (Å²) in [6, 6.07) is 2.70. The molecule has 0 N–H and O–H groups in total. The minimum atomic E-state index is 0.548. The van der Waals surface area contributed by atoms with Crippen LogP contribution in [0.25, 0.3) is 0 Å². The molecule has 1 atom stereocenters. The molecule has 4 heteroatoms. The van der Waals surface area contributed by atoms with Gasteiger partial charge in [0.25, 0.3) is 0 Å². The largest absolute Gasteiger partial charge is 0.299 e. The molecule has 14 heavy (non-hydrogen) atoms. The molecule has 1 fully saturated rings. The molecule has 1 aromatic heterocycles. The molecule has 1 aliphatic heterocycles. The van der Waals surface area contributed by atoms with Crippen molar-refractivity contribution in [3.63, 3.8) is 0 Å². The monoisotopic (exact) mass is 318 g/mol. The van der Waals surface area contributed by atoms with Crippen molar-refractivity contribution in [3.8, 4) is 0 Å². The van der Waals surface area contributed by atoms with Crippen LogP contribution < -0.4 is 0 Å². The summed E-state index contributed by atoms with van der Waals surface area (Å²) in [6.07, 6.45) is 4.49. The van der Waals surface area contributed by atoms with Gasteiger partial charge >= 0.3 is 0 Å². The molecule has 0 radical (unpaired) electrons. The van der Waals surface area contributed by atoms with Crippen molar-refractivity contribution in [3.05, 3.63) is 26.9 Å². The summed E-state index contributed by atoms with van der Waals surface area (Å²) in [5.41, 5.74) is 1.31. The highest BCUT2D eigenvalue weighted by Gasteiger charge is 2.23. The summed E-state index contributed by atoms with van der Waals surface area (Å²) >= 11 is 6.87. The van der Waals surface area contributed by atoms with Gasteiger partial charge in [-0.2, -0.15) is 0 Å². The zero-order valence-corrected chi connectivity index (χ0v) is 11.2. The van der Waals surface area contributed by atoms with Crippen LogP contribution in [0.3, 0.4) is 0 Å². The number of aromatic nitrogens is 1. The maximum absolute atomic E-state index is 4.30. The van der Waals surface area contributed by atoms with E-state index in [9.17, 15) is 0 Å². The minimum absolute atomic E-state index is 0.548. The van der Waals surface area contributed by atoms with Gasteiger partial charge in [0.15, 0.2) is 0 Å². The van der Waals surface area contributed by atoms with Crippen LogP contribution in [0.1, 0.15) is 24.4 Å². The van der Waals surface area contributed by atoms with E-state index < -0.39 is 0 Å². The average molecular weight is 320 g/mol. The normalized spacial score (nSPS) is 22.9. The standard InChI is InChI=1S/C10H12Br2N2/c1-14-4-2-3-9(14)7-5-8(11)10(12)13-6-7/h5-6,9H,2-4H2,1H3. The van der Waals surface area contributed by atoms with Gasteiger partial charge in [-0.05, 0) is 69.9 Å². The number of hydrogen-bond acceptors (Lipinski definition) is 2. The summed E-state index contributed by atoms with van der Waals surface area (Å²) < 4.78 is 1.91. The Hall–Kier alpha value is 0.0700. The molecular formula is C10H12Br2N2. The lowest BCUT2D eigenvalue weighted by Gasteiger charge is -2.19. The van der Waals surface area contributed by atoms with Gasteiger partial charge in [0.2, 0.25) is 0 Å². The Balaban J connectivity index is 2.28. The Labute approximate surface area is 101 Å². The molecule has 76 valence electrons. The molecule has 1 unspecified atom stereocenters. The van der Waals surface area contributed by atoms with E-state index in [4.69, 9.17) is 0 Å². The molecule has 0 bridgehead atoms. The number of hydrogen-bond donors (Lipinski definition) is 0. The molecule has 0 spiro atoms. The highest BCUT2D eigenvalue weighted by atomic mass is 79.9. The molecular weight excluding hydrogens is 308 g/mol. The van der Waals surface area contributed by atoms with Crippen LogP contribution in [0.15, 0.2) is 21.3 Å². The fraction of sp³-hybridized carbons (Fsp3) is 0.500. The van der Waals surface area contributed by atoms with Gasteiger partial charge in [-0.3, -0.25) is 4.90 Å². The molecule has 0 amide bonds. The van der Waals surface area contributed by atoms with E-state index >= 15 is 0 Å². The topological polar surface area (TPSA) is 16.1 Å². The molecule has 0 aliphatic carbocycles. The third kappa shape index (κ3) is 2.02. The average Bonchev–Trinajstić information content (AvgIpc) is 2.57. The first kappa shape index (κ1) is 10.6. The molecule has 0 aromatic carbocycles. The Kier molecular flexibility index (Phi) is 3.24. The van der Waals surface area contributed by atoms with Crippen molar-refractivity contribution in [2.75, 3.05) is 13.6 Å². The molecule has 2 heterocycles. The Morgan fingerprint density at radius 1 is 1.50 bits per heavy atom. The fourth-order valence-corrected chi connectivity index (χ4v) is 2.53. The van der Waals surface area contributed by atoms with Crippen molar-refractivity contribution < 1.29 is 0 Å². The number of halogens is 2. The molecule has 1 aliphatic rings. The van der Waals surface area contributed by atoms with Crippen LogP contribution in [-0.2, 0) is 0 Å². The van der Waals surface area contributed by atoms with Gasteiger partial charge in [0, 0.05) is 12.2 Å². The van der Waals surface area contributed by atoms with Gasteiger partial charge in [-0.25, -0.2) is 4.98 Å². The Bertz CT molecular complexity index is 341. The highest BCUT2D eigenvalue weighted by Crippen LogP contribution is 2.32. The summed E-state index contributed by atoms with van der Waals surface area (Å²) in [4.78, 5) is 6.69. The van der Waals surface area contributed by atoms with Gasteiger partial charge < -0.3 is 0 Å². The minimum Gasteiger partial charge on any atom is -0.299 e. The first-order valence-corrected chi connectivity index (χ1v) is 6.28. The van der Waals surface area contributed by atoms with E-state index in [0.717, 1.165) is 9.08 Å². The second-order valence-electron chi connectivity index (χ2n) is 3.68. The van der Waals surface area contributed by atoms with Gasteiger partial charge in [0.05, 0.1) is 4.47 Å². The smallest absolute Gasteiger partial charge is 0.120 e. The number of nitrogens with zero attached hydrogens (tertiary/aromatic N) is 2. The number of rotatable bonds is 1. The van der Waals surface area contributed by atoms with Crippen LogP contribution in [0.2, 0.25) is 0 Å². The fourth-order valence-electron chi connectivity index (χ4n) is 1.95. The lowest BCUT2D eigenvalue weighted by Crippen LogP contribution is -2.17. The van der Waals surface area contributed by atoms with E-state index in [1.807, 2.05) is 6.20 Å². The van der Waals surface area contributed by atoms with Crippen molar-refractivity contribution in [1.29, 1.82) is 0 Å². The zero-order valence-electron chi connectivity index (χ0n) is 8.00. The summed E-state index contributed by atoms with van der Waals surface area (Å²) in [7, 11) is 2.17. The van der Waals surface area contributed by atoms with Crippen LogP contribution >= 0.6 is 31.9 Å². The molecule has 0 saturated carbocycles. The Morgan fingerprint density at radius 2 is 2.29 bits per heavy atom. The summed E-state index contributed by atoms with van der Waals surface area (Å²) in [5.74, 6) is 0. The quantitative estimate of drug-likeness (QED) is 0.738. The van der Waals surface area contributed by atoms with E-state index in [1.165, 1.54) is 24.9 Å². The van der Waals surface area contributed by atoms with E-state index in [2.05, 4.69) is 54.9 Å². The molecule has 1 saturated heterocycles. The van der Waals surface area contributed by atoms with E-state index in [-0.39, 0.29) is 0 Å². The predicted molar refractivity (Wildman–Crippen MR) is 64.2 cm³/mol. The Morgan fingerprint density at radius 3 is 2.86 bits per heavy atom. The summed E-state index contributed by atoms with van der Waals surface area (Å²) in [6.45, 7) is 1.19. The van der Waals surface area contributed by atoms with Crippen molar-refractivity contribution in [1.82, 2.24) is 9.88 Å². The van der Waals surface area contributed by atoms with Crippen LogP contribution in [-0.4, -0.2) is 23.5 Å². The predicted octanol–water partition coefficient (Wildman–Crippen LogP) is 3.37. The zero-order chi connectivity index (χ0) is 10.1. The van der Waals surface area contributed by atoms with Crippen molar-refractivity contribution >= 4 is 31.9 Å². The SMILES string of the molecule is CN1CCCC1c1cnc(Br)c(Br)c1. The third-order valence-corrected chi connectivity index (χ3v) is 4.49. The second-order valence-corrected chi connectivity index (χ2v) is 5.29. The van der Waals surface area contributed by atoms with Crippen LogP contribution in [0.5, 0.6) is 0 Å². The summed E-state index contributed by atoms with van der Waals surface area (Å²) in [5, 5.41) is 0. The molecule has 2 nitrogen and oxygen atoms in total. The van der Waals surface area contributed by atoms with Crippen LogP contribution in [0.4, 0.5) is 0 Å². The van der Waals surface area contributed by atoms with Crippen molar-refractivity contribution in [2.24, 2.45) is 0 Å². The third-order valence-electron chi connectivity index (χ3n) is 2.72. The van der Waals surface area contributed by atoms with E-state index in [0.29, 0.717) is 6.04 Å². The molecule has 2 rings (SSSR count). The van der Waals surface area contributed by atoms with Crippen molar-refractivity contribution in [2.45, 2.75) is 18.9 Å². The lowest BCUT2D eigenvalue weighted by molar-refractivity contribution is 0.317. The van der Waals surface area contributed by atoms with Gasteiger partial charge in [0.1, 0.15) is 4.60 Å². The van der Waals surface area contributed by atoms with Gasteiger partial charge in [-0.1, -0.05) is 0 Å². The molecule has 1 aromatic rings. The first-order chi connectivity index (χ1) is 6.68. The lowest BCUT2D eigenvalue weighted by atomic mass is 10.1. The van der Waals surface area contributed by atoms with Crippen LogP contribution in [0, 0.1) is 0 Å². The highest BCUT2D eigenvalue weighted by molar-refractivity contribution is 9.13. The van der Waals surface area contributed by atoms with E-state index in [1.54, 1.807) is 0 Å².